The highest BCUT2D eigenvalue weighted by Crippen LogP contribution is 2.24. The van der Waals surface area contributed by atoms with Gasteiger partial charge in [-0.3, -0.25) is 0 Å². The number of hydrogen-bond donors (Lipinski definition) is 3. The number of benzene rings is 1. The van der Waals surface area contributed by atoms with Gasteiger partial charge in [0.1, 0.15) is 5.75 Å². The molecule has 3 N–H and O–H groups in total. The van der Waals surface area contributed by atoms with Gasteiger partial charge in [-0.2, -0.15) is 0 Å². The molecule has 1 unspecified atom stereocenters. The predicted molar refractivity (Wildman–Crippen MR) is 83.6 cm³/mol. The van der Waals surface area contributed by atoms with Crippen LogP contribution >= 0.6 is 0 Å². The third kappa shape index (κ3) is 7.54. The number of carbonyl (C=O) groups is 1. The highest BCUT2D eigenvalue weighted by Gasteiger charge is 2.31. The molecule has 136 valence electrons. The number of carbonyl (C=O) groups excluding carboxylic acids is 1. The van der Waals surface area contributed by atoms with E-state index in [1.165, 1.54) is 24.3 Å². The molecule has 0 fully saturated rings. The maximum absolute atomic E-state index is 12.1. The lowest BCUT2D eigenvalue weighted by atomic mass is 9.90. The van der Waals surface area contributed by atoms with Gasteiger partial charge in [0, 0.05) is 13.2 Å². The van der Waals surface area contributed by atoms with Gasteiger partial charge in [0.15, 0.2) is 0 Å². The molecule has 0 aromatic heterocycles. The van der Waals surface area contributed by atoms with Crippen LogP contribution in [-0.2, 0) is 0 Å². The molecule has 1 aromatic carbocycles. The Morgan fingerprint density at radius 3 is 2.33 bits per heavy atom. The molecule has 0 saturated heterocycles. The zero-order valence-electron chi connectivity index (χ0n) is 13.9. The fourth-order valence-corrected chi connectivity index (χ4v) is 2.00. The molecule has 0 spiro atoms. The topological polar surface area (TPSA) is 70.6 Å². The molecule has 2 amide bonds. The lowest BCUT2D eigenvalue weighted by Crippen LogP contribution is -2.41. The van der Waals surface area contributed by atoms with Crippen LogP contribution in [0.25, 0.3) is 0 Å². The SMILES string of the molecule is CC(NC(=O)NCC(C)(C)CCO)c1ccc(OC(F)(F)F)cc1. The molecular formula is C16H23F3N2O3. The molecule has 1 atom stereocenters. The molecule has 1 rings (SSSR count). The normalized spacial score (nSPS) is 13.3. The first kappa shape index (κ1) is 20.1. The molecule has 0 aliphatic heterocycles. The van der Waals surface area contributed by atoms with E-state index in [9.17, 15) is 18.0 Å². The maximum Gasteiger partial charge on any atom is 0.573 e. The number of halogens is 3. The van der Waals surface area contributed by atoms with Gasteiger partial charge in [0.2, 0.25) is 0 Å². The van der Waals surface area contributed by atoms with Crippen LogP contribution < -0.4 is 15.4 Å². The van der Waals surface area contributed by atoms with Gasteiger partial charge in [-0.1, -0.05) is 26.0 Å². The van der Waals surface area contributed by atoms with Crippen molar-refractivity contribution < 1.29 is 27.8 Å². The zero-order chi connectivity index (χ0) is 18.4. The van der Waals surface area contributed by atoms with Crippen LogP contribution in [0.2, 0.25) is 0 Å². The Balaban J connectivity index is 2.52. The minimum absolute atomic E-state index is 0.0407. The zero-order valence-corrected chi connectivity index (χ0v) is 13.9. The summed E-state index contributed by atoms with van der Waals surface area (Å²) < 4.78 is 40.1. The molecule has 1 aromatic rings. The van der Waals surface area contributed by atoms with Gasteiger partial charge in [0.05, 0.1) is 6.04 Å². The van der Waals surface area contributed by atoms with Crippen LogP contribution in [0.3, 0.4) is 0 Å². The monoisotopic (exact) mass is 348 g/mol. The first-order valence-electron chi connectivity index (χ1n) is 7.53. The van der Waals surface area contributed by atoms with Crippen LogP contribution in [0.1, 0.15) is 38.8 Å². The maximum atomic E-state index is 12.1. The highest BCUT2D eigenvalue weighted by molar-refractivity contribution is 5.74. The van der Waals surface area contributed by atoms with E-state index >= 15 is 0 Å². The van der Waals surface area contributed by atoms with Gasteiger partial charge >= 0.3 is 12.4 Å². The number of ether oxygens (including phenoxy) is 1. The Bertz CT molecular complexity index is 530. The number of rotatable bonds is 7. The number of amides is 2. The minimum Gasteiger partial charge on any atom is -0.406 e. The summed E-state index contributed by atoms with van der Waals surface area (Å²) in [6, 6.07) is 4.55. The second-order valence-electron chi connectivity index (χ2n) is 6.30. The van der Waals surface area contributed by atoms with Crippen molar-refractivity contribution in [2.45, 2.75) is 39.6 Å². The summed E-state index contributed by atoms with van der Waals surface area (Å²) in [7, 11) is 0. The molecule has 24 heavy (non-hydrogen) atoms. The molecule has 0 aliphatic carbocycles. The summed E-state index contributed by atoms with van der Waals surface area (Å²) >= 11 is 0. The number of urea groups is 1. The summed E-state index contributed by atoms with van der Waals surface area (Å²) in [6.45, 7) is 6.00. The van der Waals surface area contributed by atoms with E-state index < -0.39 is 6.36 Å². The average Bonchev–Trinajstić information content (AvgIpc) is 2.44. The van der Waals surface area contributed by atoms with Crippen molar-refractivity contribution in [3.63, 3.8) is 0 Å². The van der Waals surface area contributed by atoms with Crippen LogP contribution in [0.4, 0.5) is 18.0 Å². The first-order chi connectivity index (χ1) is 11.0. The van der Waals surface area contributed by atoms with E-state index in [4.69, 9.17) is 5.11 Å². The molecule has 0 heterocycles. The molecule has 8 heteroatoms. The van der Waals surface area contributed by atoms with Crippen LogP contribution in [0, 0.1) is 5.41 Å². The van der Waals surface area contributed by atoms with Crippen molar-refractivity contribution >= 4 is 6.03 Å². The average molecular weight is 348 g/mol. The van der Waals surface area contributed by atoms with Gasteiger partial charge < -0.3 is 20.5 Å². The summed E-state index contributed by atoms with van der Waals surface area (Å²) in [5.41, 5.74) is 0.417. The van der Waals surface area contributed by atoms with E-state index in [1.54, 1.807) is 6.92 Å². The van der Waals surface area contributed by atoms with E-state index in [2.05, 4.69) is 15.4 Å². The summed E-state index contributed by atoms with van der Waals surface area (Å²) in [5, 5.41) is 14.4. The second-order valence-corrected chi connectivity index (χ2v) is 6.30. The number of aliphatic hydroxyl groups excluding tert-OH is 1. The standard InChI is InChI=1S/C16H23F3N2O3/c1-11(21-14(23)20-10-15(2,3)8-9-22)12-4-6-13(7-5-12)24-16(17,18)19/h4-7,11,22H,8-10H2,1-3H3,(H2,20,21,23). The van der Waals surface area contributed by atoms with Gasteiger partial charge in [-0.15, -0.1) is 13.2 Å². The fourth-order valence-electron chi connectivity index (χ4n) is 2.00. The van der Waals surface area contributed by atoms with Gasteiger partial charge in [-0.05, 0) is 36.5 Å². The third-order valence-electron chi connectivity index (χ3n) is 3.48. The second kappa shape index (κ2) is 8.23. The van der Waals surface area contributed by atoms with Crippen molar-refractivity contribution in [1.82, 2.24) is 10.6 Å². The van der Waals surface area contributed by atoms with Crippen molar-refractivity contribution in [1.29, 1.82) is 0 Å². The smallest absolute Gasteiger partial charge is 0.406 e. The summed E-state index contributed by atoms with van der Waals surface area (Å²) in [4.78, 5) is 11.9. The van der Waals surface area contributed by atoms with Crippen molar-refractivity contribution in [3.8, 4) is 5.75 Å². The van der Waals surface area contributed by atoms with E-state index in [0.717, 1.165) is 0 Å². The number of alkyl halides is 3. The van der Waals surface area contributed by atoms with Gasteiger partial charge in [-0.25, -0.2) is 4.79 Å². The van der Waals surface area contributed by atoms with E-state index in [1.807, 2.05) is 13.8 Å². The summed E-state index contributed by atoms with van der Waals surface area (Å²) in [5.74, 6) is -0.311. The van der Waals surface area contributed by atoms with E-state index in [-0.39, 0.29) is 29.8 Å². The van der Waals surface area contributed by atoms with Crippen molar-refractivity contribution in [2.24, 2.45) is 5.41 Å². The van der Waals surface area contributed by atoms with Crippen LogP contribution in [0.15, 0.2) is 24.3 Å². The number of nitrogens with one attached hydrogen (secondary N) is 2. The molecule has 0 bridgehead atoms. The van der Waals surface area contributed by atoms with Crippen LogP contribution in [0.5, 0.6) is 5.75 Å². The van der Waals surface area contributed by atoms with Crippen molar-refractivity contribution in [2.75, 3.05) is 13.2 Å². The molecular weight excluding hydrogens is 325 g/mol. The summed E-state index contributed by atoms with van der Waals surface area (Å²) in [6.07, 6.45) is -4.17. The fraction of sp³-hybridized carbons (Fsp3) is 0.562. The third-order valence-corrected chi connectivity index (χ3v) is 3.48. The lowest BCUT2D eigenvalue weighted by Gasteiger charge is -2.24. The Kier molecular flexibility index (Phi) is 6.89. The number of hydrogen-bond acceptors (Lipinski definition) is 3. The predicted octanol–water partition coefficient (Wildman–Crippen LogP) is 3.35. The van der Waals surface area contributed by atoms with Crippen molar-refractivity contribution in [3.05, 3.63) is 29.8 Å². The van der Waals surface area contributed by atoms with Crippen LogP contribution in [-0.4, -0.2) is 30.7 Å². The Hall–Kier alpha value is -1.96. The minimum atomic E-state index is -4.73. The lowest BCUT2D eigenvalue weighted by molar-refractivity contribution is -0.274. The Morgan fingerprint density at radius 1 is 1.25 bits per heavy atom. The number of aliphatic hydroxyl groups is 1. The molecule has 0 radical (unpaired) electrons. The molecule has 0 aliphatic rings. The first-order valence-corrected chi connectivity index (χ1v) is 7.53. The largest absolute Gasteiger partial charge is 0.573 e. The van der Waals surface area contributed by atoms with Gasteiger partial charge in [0.25, 0.3) is 0 Å². The quantitative estimate of drug-likeness (QED) is 0.708. The Labute approximate surface area is 139 Å². The molecule has 5 nitrogen and oxygen atoms in total. The highest BCUT2D eigenvalue weighted by atomic mass is 19.4. The van der Waals surface area contributed by atoms with E-state index in [0.29, 0.717) is 18.5 Å². The Morgan fingerprint density at radius 2 is 1.83 bits per heavy atom. The molecule has 0 saturated carbocycles.